The molecular weight excluding hydrogens is 260 g/mol. The monoisotopic (exact) mass is 274 g/mol. The van der Waals surface area contributed by atoms with Gasteiger partial charge in [-0.2, -0.15) is 0 Å². The molecule has 0 saturated heterocycles. The van der Waals surface area contributed by atoms with E-state index >= 15 is 0 Å². The summed E-state index contributed by atoms with van der Waals surface area (Å²) in [5.41, 5.74) is 1.13. The Kier molecular flexibility index (Phi) is 4.33. The lowest BCUT2D eigenvalue weighted by Crippen LogP contribution is -2.30. The molecule has 0 aliphatic heterocycles. The number of H-pyrrole nitrogens is 1. The second kappa shape index (κ2) is 6.37. The number of carboxylic acids is 1. The first kappa shape index (κ1) is 13.6. The lowest BCUT2D eigenvalue weighted by atomic mass is 10.1. The van der Waals surface area contributed by atoms with Crippen LogP contribution in [-0.2, 0) is 6.42 Å². The van der Waals surface area contributed by atoms with E-state index in [1.165, 1.54) is 6.20 Å². The van der Waals surface area contributed by atoms with Crippen molar-refractivity contribution >= 4 is 17.8 Å². The van der Waals surface area contributed by atoms with E-state index in [-0.39, 0.29) is 11.6 Å². The molecule has 0 aliphatic rings. The molecule has 20 heavy (non-hydrogen) atoms. The van der Waals surface area contributed by atoms with Crippen molar-refractivity contribution in [1.29, 1.82) is 0 Å². The van der Waals surface area contributed by atoms with Crippen molar-refractivity contribution in [2.45, 2.75) is 6.42 Å². The van der Waals surface area contributed by atoms with E-state index in [2.05, 4.69) is 20.6 Å². The number of carbonyl (C=O) groups is 2. The van der Waals surface area contributed by atoms with Gasteiger partial charge in [0.25, 0.3) is 0 Å². The van der Waals surface area contributed by atoms with Gasteiger partial charge in [-0.25, -0.2) is 14.6 Å². The van der Waals surface area contributed by atoms with Crippen LogP contribution in [0.15, 0.2) is 36.5 Å². The fraction of sp³-hybridized carbons (Fsp3) is 0.154. The average Bonchev–Trinajstić information content (AvgIpc) is 2.88. The van der Waals surface area contributed by atoms with Gasteiger partial charge in [-0.15, -0.1) is 0 Å². The van der Waals surface area contributed by atoms with Gasteiger partial charge in [0.15, 0.2) is 0 Å². The fourth-order valence-corrected chi connectivity index (χ4v) is 1.62. The van der Waals surface area contributed by atoms with Crippen LogP contribution in [-0.4, -0.2) is 33.6 Å². The molecule has 0 radical (unpaired) electrons. The number of nitrogens with zero attached hydrogens (tertiary/aromatic N) is 1. The second-order valence-electron chi connectivity index (χ2n) is 4.07. The number of nitrogens with one attached hydrogen (secondary N) is 3. The third kappa shape index (κ3) is 3.84. The van der Waals surface area contributed by atoms with Crippen LogP contribution in [0.5, 0.6) is 0 Å². The average molecular weight is 274 g/mol. The number of imidazole rings is 1. The van der Waals surface area contributed by atoms with Gasteiger partial charge in [0.05, 0.1) is 6.20 Å². The number of hydrogen-bond donors (Lipinski definition) is 4. The van der Waals surface area contributed by atoms with Crippen molar-refractivity contribution in [2.24, 2.45) is 0 Å². The highest BCUT2D eigenvalue weighted by Gasteiger charge is 2.09. The maximum Gasteiger partial charge on any atom is 0.371 e. The van der Waals surface area contributed by atoms with E-state index in [0.717, 1.165) is 12.0 Å². The Hall–Kier alpha value is -2.83. The summed E-state index contributed by atoms with van der Waals surface area (Å²) in [6, 6.07) is 9.35. The molecule has 104 valence electrons. The Morgan fingerprint density at radius 3 is 2.65 bits per heavy atom. The number of aromatic nitrogens is 2. The zero-order valence-corrected chi connectivity index (χ0v) is 10.6. The smallest absolute Gasteiger partial charge is 0.371 e. The van der Waals surface area contributed by atoms with Crippen molar-refractivity contribution in [1.82, 2.24) is 15.3 Å². The maximum absolute atomic E-state index is 11.6. The molecule has 4 N–H and O–H groups in total. The molecule has 0 atom stereocenters. The summed E-state index contributed by atoms with van der Waals surface area (Å²) in [5.74, 6) is -1.16. The SMILES string of the molecule is O=C(NCCc1ccccc1)Nc1cnc(C(=O)O)[nH]1. The fourth-order valence-electron chi connectivity index (χ4n) is 1.62. The van der Waals surface area contributed by atoms with E-state index in [9.17, 15) is 9.59 Å². The van der Waals surface area contributed by atoms with E-state index < -0.39 is 12.0 Å². The summed E-state index contributed by atoms with van der Waals surface area (Å²) in [6.07, 6.45) is 1.97. The number of carbonyl (C=O) groups excluding carboxylic acids is 1. The molecule has 7 nitrogen and oxygen atoms in total. The van der Waals surface area contributed by atoms with Gasteiger partial charge in [-0.1, -0.05) is 30.3 Å². The minimum Gasteiger partial charge on any atom is -0.475 e. The van der Waals surface area contributed by atoms with Crippen molar-refractivity contribution < 1.29 is 14.7 Å². The van der Waals surface area contributed by atoms with Crippen LogP contribution >= 0.6 is 0 Å². The van der Waals surface area contributed by atoms with Crippen molar-refractivity contribution in [3.8, 4) is 0 Å². The molecule has 2 aromatic rings. The molecule has 0 saturated carbocycles. The number of aromatic carboxylic acids is 1. The molecule has 1 heterocycles. The lowest BCUT2D eigenvalue weighted by Gasteiger charge is -2.05. The first-order chi connectivity index (χ1) is 9.65. The summed E-state index contributed by atoms with van der Waals surface area (Å²) in [4.78, 5) is 28.2. The van der Waals surface area contributed by atoms with Gasteiger partial charge < -0.3 is 15.4 Å². The third-order valence-corrected chi connectivity index (χ3v) is 2.57. The van der Waals surface area contributed by atoms with Gasteiger partial charge >= 0.3 is 12.0 Å². The molecule has 0 spiro atoms. The standard InChI is InChI=1S/C13H14N4O3/c18-12(19)11-15-8-10(16-11)17-13(20)14-7-6-9-4-2-1-3-5-9/h1-5,8H,6-7H2,(H,15,16)(H,18,19)(H2,14,17,20). The van der Waals surface area contributed by atoms with E-state index in [1.54, 1.807) is 0 Å². The molecule has 1 aromatic carbocycles. The van der Waals surface area contributed by atoms with Crippen molar-refractivity contribution in [3.05, 3.63) is 47.9 Å². The second-order valence-corrected chi connectivity index (χ2v) is 4.07. The van der Waals surface area contributed by atoms with E-state index in [4.69, 9.17) is 5.11 Å². The summed E-state index contributed by atoms with van der Waals surface area (Å²) >= 11 is 0. The highest BCUT2D eigenvalue weighted by molar-refractivity contribution is 5.89. The minimum absolute atomic E-state index is 0.218. The normalized spacial score (nSPS) is 10.0. The predicted octanol–water partition coefficient (Wildman–Crippen LogP) is 1.47. The number of benzene rings is 1. The quantitative estimate of drug-likeness (QED) is 0.662. The molecule has 2 rings (SSSR count). The van der Waals surface area contributed by atoms with Crippen LogP contribution in [0.3, 0.4) is 0 Å². The van der Waals surface area contributed by atoms with Gasteiger partial charge in [-0.05, 0) is 12.0 Å². The summed E-state index contributed by atoms with van der Waals surface area (Å²) < 4.78 is 0. The minimum atomic E-state index is -1.18. The number of hydrogen-bond acceptors (Lipinski definition) is 3. The Labute approximate surface area is 115 Å². The molecule has 0 fully saturated rings. The number of rotatable bonds is 5. The van der Waals surface area contributed by atoms with E-state index in [0.29, 0.717) is 6.54 Å². The van der Waals surface area contributed by atoms with Gasteiger partial charge in [-0.3, -0.25) is 5.32 Å². The maximum atomic E-state index is 11.6. The molecule has 7 heteroatoms. The highest BCUT2D eigenvalue weighted by atomic mass is 16.4. The zero-order chi connectivity index (χ0) is 14.4. The summed E-state index contributed by atoms with van der Waals surface area (Å²) in [7, 11) is 0. The largest absolute Gasteiger partial charge is 0.475 e. The molecule has 0 aliphatic carbocycles. The van der Waals surface area contributed by atoms with Crippen LogP contribution < -0.4 is 10.6 Å². The number of anilines is 1. The Morgan fingerprint density at radius 2 is 2.00 bits per heavy atom. The van der Waals surface area contributed by atoms with Gasteiger partial charge in [0.2, 0.25) is 5.82 Å². The van der Waals surface area contributed by atoms with Crippen molar-refractivity contribution in [2.75, 3.05) is 11.9 Å². The summed E-state index contributed by atoms with van der Waals surface area (Å²) in [5, 5.41) is 13.8. The first-order valence-corrected chi connectivity index (χ1v) is 6.02. The van der Waals surface area contributed by atoms with Gasteiger partial charge in [0.1, 0.15) is 5.82 Å². The Morgan fingerprint density at radius 1 is 1.25 bits per heavy atom. The van der Waals surface area contributed by atoms with Gasteiger partial charge in [0, 0.05) is 6.54 Å². The Balaban J connectivity index is 1.76. The molecular formula is C13H14N4O3. The number of amides is 2. The van der Waals surface area contributed by atoms with E-state index in [1.807, 2.05) is 30.3 Å². The zero-order valence-electron chi connectivity index (χ0n) is 10.6. The molecule has 1 aromatic heterocycles. The third-order valence-electron chi connectivity index (χ3n) is 2.57. The lowest BCUT2D eigenvalue weighted by molar-refractivity contribution is 0.0685. The highest BCUT2D eigenvalue weighted by Crippen LogP contribution is 2.03. The number of urea groups is 1. The van der Waals surface area contributed by atoms with Crippen LogP contribution in [0.2, 0.25) is 0 Å². The van der Waals surface area contributed by atoms with Crippen LogP contribution in [0.4, 0.5) is 10.6 Å². The Bertz CT molecular complexity index is 595. The van der Waals surface area contributed by atoms with Crippen molar-refractivity contribution in [3.63, 3.8) is 0 Å². The van der Waals surface area contributed by atoms with Crippen LogP contribution in [0.1, 0.15) is 16.2 Å². The molecule has 2 amide bonds. The number of carboxylic acid groups (broad SMARTS) is 1. The molecule has 0 unspecified atom stereocenters. The topological polar surface area (TPSA) is 107 Å². The van der Waals surface area contributed by atoms with Crippen LogP contribution in [0.25, 0.3) is 0 Å². The van der Waals surface area contributed by atoms with Crippen LogP contribution in [0, 0.1) is 0 Å². The molecule has 0 bridgehead atoms. The predicted molar refractivity (Wildman–Crippen MR) is 72.7 cm³/mol. The summed E-state index contributed by atoms with van der Waals surface area (Å²) in [6.45, 7) is 0.482. The first-order valence-electron chi connectivity index (χ1n) is 6.02. The number of aromatic amines is 1.